The molecule has 0 bridgehead atoms. The van der Waals surface area contributed by atoms with Crippen LogP contribution in [0.4, 0.5) is 5.69 Å². The van der Waals surface area contributed by atoms with Crippen LogP contribution in [-0.2, 0) is 26.2 Å². The number of hydrogen-bond acceptors (Lipinski definition) is 4. The van der Waals surface area contributed by atoms with E-state index in [-0.39, 0.29) is 12.5 Å². The van der Waals surface area contributed by atoms with E-state index in [0.717, 1.165) is 27.3 Å². The van der Waals surface area contributed by atoms with Crippen LogP contribution < -0.4 is 9.62 Å². The fourth-order valence-corrected chi connectivity index (χ4v) is 5.02. The molecule has 192 valence electrons. The van der Waals surface area contributed by atoms with E-state index < -0.39 is 34.1 Å². The van der Waals surface area contributed by atoms with Crippen molar-refractivity contribution in [3.05, 3.63) is 64.2 Å². The van der Waals surface area contributed by atoms with Gasteiger partial charge in [0.15, 0.2) is 0 Å². The van der Waals surface area contributed by atoms with Crippen LogP contribution in [0.15, 0.2) is 42.5 Å². The maximum Gasteiger partial charge on any atom is 0.244 e. The average Bonchev–Trinajstić information content (AvgIpc) is 2.72. The molecule has 0 radical (unpaired) electrons. The van der Waals surface area contributed by atoms with Crippen molar-refractivity contribution in [1.82, 2.24) is 10.2 Å². The van der Waals surface area contributed by atoms with Crippen LogP contribution in [0.3, 0.4) is 0 Å². The molecule has 0 fully saturated rings. The van der Waals surface area contributed by atoms with E-state index in [9.17, 15) is 18.0 Å². The van der Waals surface area contributed by atoms with Gasteiger partial charge in [0.25, 0.3) is 0 Å². The summed E-state index contributed by atoms with van der Waals surface area (Å²) in [7, 11) is -3.78. The third-order valence-corrected chi connectivity index (χ3v) is 6.88. The van der Waals surface area contributed by atoms with Gasteiger partial charge in [0, 0.05) is 17.1 Å². The monoisotopic (exact) mass is 521 g/mol. The summed E-state index contributed by atoms with van der Waals surface area (Å²) in [6, 6.07) is 11.7. The van der Waals surface area contributed by atoms with E-state index in [4.69, 9.17) is 11.6 Å². The van der Waals surface area contributed by atoms with Crippen molar-refractivity contribution in [2.24, 2.45) is 0 Å². The maximum absolute atomic E-state index is 13.8. The smallest absolute Gasteiger partial charge is 0.244 e. The zero-order valence-electron chi connectivity index (χ0n) is 21.6. The van der Waals surface area contributed by atoms with E-state index in [1.807, 2.05) is 59.7 Å². The molecule has 0 aliphatic rings. The molecule has 0 aliphatic heterocycles. The number of nitrogens with one attached hydrogen (secondary N) is 1. The van der Waals surface area contributed by atoms with E-state index in [1.54, 1.807) is 24.3 Å². The van der Waals surface area contributed by atoms with Gasteiger partial charge in [-0.25, -0.2) is 8.42 Å². The first-order valence-electron chi connectivity index (χ1n) is 11.5. The number of benzene rings is 2. The van der Waals surface area contributed by atoms with Crippen LogP contribution in [-0.4, -0.2) is 49.5 Å². The van der Waals surface area contributed by atoms with Gasteiger partial charge in [-0.3, -0.25) is 13.9 Å². The highest BCUT2D eigenvalue weighted by atomic mass is 35.5. The summed E-state index contributed by atoms with van der Waals surface area (Å²) in [6.07, 6.45) is 1.45. The molecule has 0 aromatic heterocycles. The molecule has 0 spiro atoms. The zero-order chi connectivity index (χ0) is 26.6. The molecule has 0 heterocycles. The lowest BCUT2D eigenvalue weighted by Gasteiger charge is -2.35. The molecule has 0 aliphatic carbocycles. The van der Waals surface area contributed by atoms with Crippen LogP contribution >= 0.6 is 11.6 Å². The molecule has 2 aromatic carbocycles. The topological polar surface area (TPSA) is 86.8 Å². The SMILES string of the molecule is CC[C@@H](C(=O)NC(C)(C)C)N(Cc1ccc(Cl)cc1)C(=O)CN(c1c(C)cccc1C)S(C)(=O)=O. The van der Waals surface area contributed by atoms with E-state index >= 15 is 0 Å². The Bertz CT molecular complexity index is 1140. The van der Waals surface area contributed by atoms with E-state index in [0.29, 0.717) is 17.1 Å². The maximum atomic E-state index is 13.8. The standard InChI is InChI=1S/C26H36ClN3O4S/c1-8-22(25(32)28-26(4,5)6)29(16-20-12-14-21(27)15-13-20)23(31)17-30(35(7,33)34)24-18(2)10-9-11-19(24)3/h9-15,22H,8,16-17H2,1-7H3,(H,28,32)/t22-/m0/s1. The fourth-order valence-electron chi connectivity index (χ4n) is 3.93. The third kappa shape index (κ3) is 7.97. The Balaban J connectivity index is 2.51. The van der Waals surface area contributed by atoms with Gasteiger partial charge in [0.2, 0.25) is 21.8 Å². The number of nitrogens with zero attached hydrogens (tertiary/aromatic N) is 2. The Morgan fingerprint density at radius 1 is 1.03 bits per heavy atom. The largest absolute Gasteiger partial charge is 0.350 e. The predicted octanol–water partition coefficient (Wildman–Crippen LogP) is 4.44. The van der Waals surface area contributed by atoms with Crippen molar-refractivity contribution in [2.45, 2.75) is 66.1 Å². The zero-order valence-corrected chi connectivity index (χ0v) is 23.1. The van der Waals surface area contributed by atoms with Gasteiger partial charge in [0.05, 0.1) is 11.9 Å². The molecule has 0 saturated heterocycles. The number of para-hydroxylation sites is 1. The third-order valence-electron chi connectivity index (χ3n) is 5.52. The lowest BCUT2D eigenvalue weighted by molar-refractivity contribution is -0.141. The van der Waals surface area contributed by atoms with Crippen molar-refractivity contribution >= 4 is 39.1 Å². The molecule has 35 heavy (non-hydrogen) atoms. The number of rotatable bonds is 9. The molecule has 7 nitrogen and oxygen atoms in total. The number of anilines is 1. The van der Waals surface area contributed by atoms with Gasteiger partial charge in [-0.05, 0) is 69.9 Å². The second-order valence-electron chi connectivity index (χ2n) is 9.82. The van der Waals surface area contributed by atoms with Crippen molar-refractivity contribution in [3.63, 3.8) is 0 Å². The van der Waals surface area contributed by atoms with Gasteiger partial charge in [-0.15, -0.1) is 0 Å². The highest BCUT2D eigenvalue weighted by molar-refractivity contribution is 7.92. The minimum Gasteiger partial charge on any atom is -0.350 e. The lowest BCUT2D eigenvalue weighted by atomic mass is 10.1. The van der Waals surface area contributed by atoms with Crippen molar-refractivity contribution < 1.29 is 18.0 Å². The van der Waals surface area contributed by atoms with Crippen LogP contribution in [0.1, 0.15) is 50.8 Å². The number of amides is 2. The number of halogens is 1. The van der Waals surface area contributed by atoms with E-state index in [2.05, 4.69) is 5.32 Å². The Morgan fingerprint density at radius 2 is 1.57 bits per heavy atom. The first-order chi connectivity index (χ1) is 16.1. The van der Waals surface area contributed by atoms with Gasteiger partial charge >= 0.3 is 0 Å². The summed E-state index contributed by atoms with van der Waals surface area (Å²) in [5, 5.41) is 3.51. The van der Waals surface area contributed by atoms with Crippen molar-refractivity contribution in [1.29, 1.82) is 0 Å². The fraction of sp³-hybridized carbons (Fsp3) is 0.462. The minimum atomic E-state index is -3.78. The van der Waals surface area contributed by atoms with Gasteiger partial charge in [-0.2, -0.15) is 0 Å². The second-order valence-corrected chi connectivity index (χ2v) is 12.2. The molecule has 2 amide bonds. The Morgan fingerprint density at radius 3 is 2.03 bits per heavy atom. The molecular formula is C26H36ClN3O4S. The van der Waals surface area contributed by atoms with Crippen LogP contribution in [0.5, 0.6) is 0 Å². The highest BCUT2D eigenvalue weighted by Gasteiger charge is 2.33. The van der Waals surface area contributed by atoms with Gasteiger partial charge in [0.1, 0.15) is 12.6 Å². The Labute approximate surface area is 214 Å². The van der Waals surface area contributed by atoms with Gasteiger partial charge < -0.3 is 10.2 Å². The van der Waals surface area contributed by atoms with Crippen molar-refractivity contribution in [3.8, 4) is 0 Å². The minimum absolute atomic E-state index is 0.135. The molecular weight excluding hydrogens is 486 g/mol. The predicted molar refractivity (Wildman–Crippen MR) is 142 cm³/mol. The number of carbonyl (C=O) groups excluding carboxylic acids is 2. The number of carbonyl (C=O) groups is 2. The summed E-state index contributed by atoms with van der Waals surface area (Å²) < 4.78 is 26.8. The van der Waals surface area contributed by atoms with Crippen LogP contribution in [0, 0.1) is 13.8 Å². The number of aryl methyl sites for hydroxylation is 2. The quantitative estimate of drug-likeness (QED) is 0.528. The van der Waals surface area contributed by atoms with Crippen LogP contribution in [0.2, 0.25) is 5.02 Å². The summed E-state index contributed by atoms with van der Waals surface area (Å²) >= 11 is 6.02. The molecule has 0 unspecified atom stereocenters. The van der Waals surface area contributed by atoms with Crippen molar-refractivity contribution in [2.75, 3.05) is 17.1 Å². The summed E-state index contributed by atoms with van der Waals surface area (Å²) in [5.41, 5.74) is 2.25. The molecule has 1 N–H and O–H groups in total. The van der Waals surface area contributed by atoms with Gasteiger partial charge in [-0.1, -0.05) is 48.9 Å². The highest BCUT2D eigenvalue weighted by Crippen LogP contribution is 2.27. The van der Waals surface area contributed by atoms with Crippen LogP contribution in [0.25, 0.3) is 0 Å². The first-order valence-corrected chi connectivity index (χ1v) is 13.8. The lowest BCUT2D eigenvalue weighted by Crippen LogP contribution is -2.55. The number of sulfonamides is 1. The molecule has 2 aromatic rings. The molecule has 0 saturated carbocycles. The normalized spacial score (nSPS) is 12.7. The first kappa shape index (κ1) is 28.7. The number of hydrogen-bond donors (Lipinski definition) is 1. The molecule has 9 heteroatoms. The Kier molecular flexibility index (Phi) is 9.36. The summed E-state index contributed by atoms with van der Waals surface area (Å²) in [4.78, 5) is 28.4. The average molecular weight is 522 g/mol. The summed E-state index contributed by atoms with van der Waals surface area (Å²) in [5.74, 6) is -0.760. The Hall–Kier alpha value is -2.58. The summed E-state index contributed by atoms with van der Waals surface area (Å²) in [6.45, 7) is 10.8. The molecule has 1 atom stereocenters. The van der Waals surface area contributed by atoms with E-state index in [1.165, 1.54) is 4.90 Å². The second kappa shape index (κ2) is 11.4. The molecule has 2 rings (SSSR count).